The second-order valence-electron chi connectivity index (χ2n) is 7.41. The van der Waals surface area contributed by atoms with Gasteiger partial charge in [-0.15, -0.1) is 0 Å². The van der Waals surface area contributed by atoms with E-state index in [0.717, 1.165) is 12.0 Å². The molecule has 0 spiro atoms. The molecule has 1 unspecified atom stereocenters. The zero-order valence-electron chi connectivity index (χ0n) is 16.0. The van der Waals surface area contributed by atoms with Crippen LogP contribution in [0.2, 0.25) is 0 Å². The average Bonchev–Trinajstić information content (AvgIpc) is 3.07. The van der Waals surface area contributed by atoms with E-state index in [1.165, 1.54) is 0 Å². The Morgan fingerprint density at radius 3 is 2.67 bits per heavy atom. The summed E-state index contributed by atoms with van der Waals surface area (Å²) in [4.78, 5) is 26.3. The first-order valence-corrected chi connectivity index (χ1v) is 9.03. The number of likely N-dealkylation sites (tertiary alicyclic amines) is 1. The maximum absolute atomic E-state index is 12.6. The number of nitriles is 1. The molecular weight excluding hydrogens is 342 g/mol. The number of benzene rings is 1. The minimum Gasteiger partial charge on any atom is -0.444 e. The molecule has 0 aliphatic carbocycles. The van der Waals surface area contributed by atoms with Crippen LogP contribution in [0.4, 0.5) is 4.79 Å². The summed E-state index contributed by atoms with van der Waals surface area (Å²) >= 11 is 0. The lowest BCUT2D eigenvalue weighted by molar-refractivity contribution is -0.131. The molecule has 27 heavy (non-hydrogen) atoms. The average molecular weight is 367 g/mol. The van der Waals surface area contributed by atoms with Crippen molar-refractivity contribution in [2.45, 2.75) is 57.7 Å². The highest BCUT2D eigenvalue weighted by atomic mass is 16.6. The first kappa shape index (κ1) is 20.3. The van der Waals surface area contributed by atoms with Crippen molar-refractivity contribution in [1.29, 1.82) is 5.26 Å². The molecule has 6 nitrogen and oxygen atoms in total. The summed E-state index contributed by atoms with van der Waals surface area (Å²) in [6.45, 7) is 5.86. The predicted molar refractivity (Wildman–Crippen MR) is 101 cm³/mol. The van der Waals surface area contributed by atoms with Crippen LogP contribution in [0.15, 0.2) is 30.3 Å². The molecule has 1 N–H and O–H groups in total. The van der Waals surface area contributed by atoms with E-state index in [1.807, 2.05) is 30.3 Å². The van der Waals surface area contributed by atoms with E-state index >= 15 is 0 Å². The minimum absolute atomic E-state index is 0.00272. The van der Waals surface area contributed by atoms with E-state index in [9.17, 15) is 14.9 Å². The van der Waals surface area contributed by atoms with Crippen LogP contribution < -0.4 is 5.32 Å². The lowest BCUT2D eigenvalue weighted by atomic mass is 10.1. The van der Waals surface area contributed by atoms with Gasteiger partial charge in [-0.2, -0.15) is 5.26 Å². The summed E-state index contributed by atoms with van der Waals surface area (Å²) in [6.07, 6.45) is 0.865. The Morgan fingerprint density at radius 1 is 1.33 bits per heavy atom. The third-order valence-corrected chi connectivity index (χ3v) is 3.96. The molecule has 6 heteroatoms. The molecule has 0 saturated carbocycles. The molecule has 2 amide bonds. The molecule has 1 heterocycles. The topological polar surface area (TPSA) is 82.4 Å². The fraction of sp³-hybridized carbons (Fsp3) is 0.476. The number of carbonyl (C=O) groups is 2. The van der Waals surface area contributed by atoms with Crippen molar-refractivity contribution in [3.63, 3.8) is 0 Å². The molecule has 1 aromatic carbocycles. The summed E-state index contributed by atoms with van der Waals surface area (Å²) in [5, 5.41) is 11.8. The van der Waals surface area contributed by atoms with Crippen LogP contribution in [0.25, 0.3) is 0 Å². The fourth-order valence-electron chi connectivity index (χ4n) is 2.77. The van der Waals surface area contributed by atoms with E-state index in [-0.39, 0.29) is 12.3 Å². The van der Waals surface area contributed by atoms with Gasteiger partial charge in [-0.05, 0) is 45.7 Å². The third kappa shape index (κ3) is 6.67. The first-order chi connectivity index (χ1) is 12.8. The number of rotatable bonds is 3. The van der Waals surface area contributed by atoms with Crippen LogP contribution in [-0.4, -0.2) is 41.1 Å². The predicted octanol–water partition coefficient (Wildman–Crippen LogP) is 2.84. The van der Waals surface area contributed by atoms with Gasteiger partial charge in [0.25, 0.3) is 0 Å². The molecule has 1 aliphatic rings. The lowest BCUT2D eigenvalue weighted by Gasteiger charge is -2.23. The standard InChI is InChI=1S/C21H25N3O3/c1-21(2,3)27-20(26)23-17(12-11-16-8-5-4-6-9-16)14-19(25)24-13-7-10-18(24)15-22/h4-6,8-9,17-18H,7,10,13-14H2,1-3H3,(H,23,26)/t17-,18?/m1/s1. The zero-order chi connectivity index (χ0) is 19.9. The van der Waals surface area contributed by atoms with E-state index in [1.54, 1.807) is 25.7 Å². The fourth-order valence-corrected chi connectivity index (χ4v) is 2.77. The second kappa shape index (κ2) is 9.09. The highest BCUT2D eigenvalue weighted by Crippen LogP contribution is 2.18. The Hall–Kier alpha value is -2.99. The summed E-state index contributed by atoms with van der Waals surface area (Å²) in [7, 11) is 0. The van der Waals surface area contributed by atoms with Gasteiger partial charge in [-0.1, -0.05) is 30.0 Å². The number of amides is 2. The molecule has 2 atom stereocenters. The second-order valence-corrected chi connectivity index (χ2v) is 7.41. The van der Waals surface area contributed by atoms with Crippen LogP contribution >= 0.6 is 0 Å². The number of carbonyl (C=O) groups excluding carboxylic acids is 2. The van der Waals surface area contributed by atoms with E-state index in [0.29, 0.717) is 13.0 Å². The monoisotopic (exact) mass is 367 g/mol. The molecule has 1 saturated heterocycles. The highest BCUT2D eigenvalue weighted by Gasteiger charge is 2.30. The Bertz CT molecular complexity index is 766. The summed E-state index contributed by atoms with van der Waals surface area (Å²) in [5.74, 6) is 5.73. The van der Waals surface area contributed by atoms with Crippen molar-refractivity contribution in [2.24, 2.45) is 0 Å². The lowest BCUT2D eigenvalue weighted by Crippen LogP contribution is -2.43. The number of hydrogen-bond donors (Lipinski definition) is 1. The summed E-state index contributed by atoms with van der Waals surface area (Å²) < 4.78 is 5.27. The Kier molecular flexibility index (Phi) is 6.85. The molecule has 1 fully saturated rings. The normalized spacial score (nSPS) is 17.3. The Morgan fingerprint density at radius 2 is 2.04 bits per heavy atom. The summed E-state index contributed by atoms with van der Waals surface area (Å²) in [5.41, 5.74) is 0.142. The third-order valence-electron chi connectivity index (χ3n) is 3.96. The van der Waals surface area contributed by atoms with E-state index in [4.69, 9.17) is 4.74 Å². The van der Waals surface area contributed by atoms with Gasteiger partial charge in [0.15, 0.2) is 0 Å². The summed E-state index contributed by atoms with van der Waals surface area (Å²) in [6, 6.07) is 10.4. The van der Waals surface area contributed by atoms with Crippen molar-refractivity contribution in [1.82, 2.24) is 10.2 Å². The van der Waals surface area contributed by atoms with Crippen LogP contribution in [0.1, 0.15) is 45.6 Å². The van der Waals surface area contributed by atoms with Crippen LogP contribution in [0.3, 0.4) is 0 Å². The number of alkyl carbamates (subject to hydrolysis) is 1. The highest BCUT2D eigenvalue weighted by molar-refractivity contribution is 5.79. The van der Waals surface area contributed by atoms with Gasteiger partial charge >= 0.3 is 6.09 Å². The molecule has 0 radical (unpaired) electrons. The van der Waals surface area contributed by atoms with Crippen LogP contribution in [0.5, 0.6) is 0 Å². The molecule has 142 valence electrons. The van der Waals surface area contributed by atoms with Gasteiger partial charge in [0.2, 0.25) is 5.91 Å². The molecule has 1 aliphatic heterocycles. The van der Waals surface area contributed by atoms with Gasteiger partial charge < -0.3 is 15.0 Å². The van der Waals surface area contributed by atoms with Gasteiger partial charge in [0.05, 0.1) is 12.5 Å². The van der Waals surface area contributed by atoms with Crippen LogP contribution in [0, 0.1) is 23.2 Å². The molecule has 0 aromatic heterocycles. The minimum atomic E-state index is -0.701. The number of ether oxygens (including phenoxy) is 1. The van der Waals surface area contributed by atoms with Crippen molar-refractivity contribution < 1.29 is 14.3 Å². The number of nitrogens with zero attached hydrogens (tertiary/aromatic N) is 2. The van der Waals surface area contributed by atoms with Gasteiger partial charge in [-0.25, -0.2) is 4.79 Å². The van der Waals surface area contributed by atoms with E-state index in [2.05, 4.69) is 23.2 Å². The first-order valence-electron chi connectivity index (χ1n) is 9.03. The van der Waals surface area contributed by atoms with Gasteiger partial charge in [0.1, 0.15) is 17.7 Å². The molecular formula is C21H25N3O3. The van der Waals surface area contributed by atoms with Gasteiger partial charge in [0, 0.05) is 12.1 Å². The molecule has 2 rings (SSSR count). The van der Waals surface area contributed by atoms with Crippen LogP contribution in [-0.2, 0) is 9.53 Å². The maximum Gasteiger partial charge on any atom is 0.408 e. The van der Waals surface area contributed by atoms with Crippen molar-refractivity contribution >= 4 is 12.0 Å². The van der Waals surface area contributed by atoms with Crippen molar-refractivity contribution in [3.05, 3.63) is 35.9 Å². The quantitative estimate of drug-likeness (QED) is 0.833. The van der Waals surface area contributed by atoms with Gasteiger partial charge in [-0.3, -0.25) is 4.79 Å². The van der Waals surface area contributed by atoms with E-state index < -0.39 is 23.8 Å². The zero-order valence-corrected chi connectivity index (χ0v) is 16.0. The SMILES string of the molecule is CC(C)(C)OC(=O)N[C@H](C#Cc1ccccc1)CC(=O)N1CCCC1C#N. The Labute approximate surface area is 160 Å². The number of nitrogens with one attached hydrogen (secondary N) is 1. The smallest absolute Gasteiger partial charge is 0.408 e. The largest absolute Gasteiger partial charge is 0.444 e. The maximum atomic E-state index is 12.6. The Balaban J connectivity index is 2.11. The molecule has 0 bridgehead atoms. The number of hydrogen-bond acceptors (Lipinski definition) is 4. The van der Waals surface area contributed by atoms with Crippen molar-refractivity contribution in [3.8, 4) is 17.9 Å². The van der Waals surface area contributed by atoms with Crippen molar-refractivity contribution in [2.75, 3.05) is 6.54 Å². The molecule has 1 aromatic rings.